The maximum atomic E-state index is 13.0. The summed E-state index contributed by atoms with van der Waals surface area (Å²) < 4.78 is 6.61. The van der Waals surface area contributed by atoms with E-state index in [1.165, 1.54) is 22.7 Å². The number of rotatable bonds is 8. The molecule has 8 heteroatoms. The van der Waals surface area contributed by atoms with Crippen molar-refractivity contribution in [2.24, 2.45) is 0 Å². The van der Waals surface area contributed by atoms with Crippen LogP contribution in [0.15, 0.2) is 35.7 Å². The molecule has 146 valence electrons. The van der Waals surface area contributed by atoms with Gasteiger partial charge in [-0.15, -0.1) is 23.7 Å². The lowest BCUT2D eigenvalue weighted by molar-refractivity contribution is 0.0990. The van der Waals surface area contributed by atoms with E-state index in [9.17, 15) is 4.79 Å². The van der Waals surface area contributed by atoms with Crippen LogP contribution in [0.1, 0.15) is 23.0 Å². The highest BCUT2D eigenvalue weighted by molar-refractivity contribution is 7.22. The molecular formula is C19H24ClN3O2S2. The summed E-state index contributed by atoms with van der Waals surface area (Å²) in [5.41, 5.74) is 0.894. The van der Waals surface area contributed by atoms with Gasteiger partial charge in [-0.1, -0.05) is 17.4 Å². The first-order chi connectivity index (χ1) is 12.6. The minimum atomic E-state index is 0. The van der Waals surface area contributed by atoms with Crippen molar-refractivity contribution in [1.82, 2.24) is 9.88 Å². The molecule has 3 aromatic rings. The largest absolute Gasteiger partial charge is 0.494 e. The predicted octanol–water partition coefficient (Wildman–Crippen LogP) is 4.78. The number of halogens is 1. The van der Waals surface area contributed by atoms with E-state index in [-0.39, 0.29) is 18.3 Å². The first kappa shape index (κ1) is 21.6. The molecule has 2 aromatic heterocycles. The number of nitrogens with zero attached hydrogens (tertiary/aromatic N) is 3. The Morgan fingerprint density at radius 1 is 1.22 bits per heavy atom. The first-order valence-corrected chi connectivity index (χ1v) is 10.3. The van der Waals surface area contributed by atoms with E-state index in [2.05, 4.69) is 4.90 Å². The third-order valence-electron chi connectivity index (χ3n) is 3.85. The Morgan fingerprint density at radius 3 is 2.70 bits per heavy atom. The Morgan fingerprint density at radius 2 is 2.04 bits per heavy atom. The van der Waals surface area contributed by atoms with Crippen molar-refractivity contribution in [1.29, 1.82) is 0 Å². The topological polar surface area (TPSA) is 45.7 Å². The Labute approximate surface area is 174 Å². The van der Waals surface area contributed by atoms with Crippen molar-refractivity contribution in [3.63, 3.8) is 0 Å². The average Bonchev–Trinajstić information content (AvgIpc) is 3.27. The maximum Gasteiger partial charge on any atom is 0.270 e. The van der Waals surface area contributed by atoms with Crippen LogP contribution in [0, 0.1) is 0 Å². The Kier molecular flexibility index (Phi) is 8.04. The van der Waals surface area contributed by atoms with Crippen LogP contribution >= 0.6 is 35.1 Å². The highest BCUT2D eigenvalue weighted by Crippen LogP contribution is 2.32. The van der Waals surface area contributed by atoms with Crippen molar-refractivity contribution >= 4 is 56.3 Å². The zero-order valence-electron chi connectivity index (χ0n) is 15.7. The van der Waals surface area contributed by atoms with Gasteiger partial charge in [-0.05, 0) is 63.6 Å². The molecule has 0 radical (unpaired) electrons. The summed E-state index contributed by atoms with van der Waals surface area (Å²) in [6.45, 7) is 4.17. The third-order valence-corrected chi connectivity index (χ3v) is 5.75. The summed E-state index contributed by atoms with van der Waals surface area (Å²) in [4.78, 5) is 22.4. The van der Waals surface area contributed by atoms with Crippen LogP contribution in [-0.2, 0) is 0 Å². The number of fused-ring (bicyclic) bond motifs is 1. The van der Waals surface area contributed by atoms with Crippen molar-refractivity contribution in [3.8, 4) is 5.75 Å². The number of hydrogen-bond donors (Lipinski definition) is 0. The fourth-order valence-corrected chi connectivity index (χ4v) is 4.32. The number of amides is 1. The van der Waals surface area contributed by atoms with E-state index in [4.69, 9.17) is 9.72 Å². The smallest absolute Gasteiger partial charge is 0.270 e. The molecule has 0 unspecified atom stereocenters. The number of anilines is 1. The molecule has 1 aromatic carbocycles. The van der Waals surface area contributed by atoms with E-state index in [1.807, 2.05) is 56.7 Å². The summed E-state index contributed by atoms with van der Waals surface area (Å²) in [5.74, 6) is 0.849. The molecular weight excluding hydrogens is 402 g/mol. The summed E-state index contributed by atoms with van der Waals surface area (Å²) >= 11 is 3.00. The number of hydrogen-bond acceptors (Lipinski definition) is 6. The van der Waals surface area contributed by atoms with Gasteiger partial charge in [-0.2, -0.15) is 0 Å². The molecule has 27 heavy (non-hydrogen) atoms. The van der Waals surface area contributed by atoms with Gasteiger partial charge in [-0.3, -0.25) is 9.69 Å². The third kappa shape index (κ3) is 5.42. The van der Waals surface area contributed by atoms with E-state index in [0.717, 1.165) is 38.9 Å². The second-order valence-electron chi connectivity index (χ2n) is 6.15. The minimum Gasteiger partial charge on any atom is -0.494 e. The van der Waals surface area contributed by atoms with Gasteiger partial charge in [0.05, 0.1) is 21.7 Å². The van der Waals surface area contributed by atoms with Gasteiger partial charge in [0.1, 0.15) is 5.75 Å². The highest BCUT2D eigenvalue weighted by Gasteiger charge is 2.22. The lowest BCUT2D eigenvalue weighted by Gasteiger charge is -2.20. The molecule has 0 saturated carbocycles. The van der Waals surface area contributed by atoms with Crippen molar-refractivity contribution < 1.29 is 9.53 Å². The standard InChI is InChI=1S/C19H23N3O2S2.ClH/c1-4-24-14-8-9-15-17(13-14)26-19(20-15)22(11-6-10-21(2)3)18(23)16-7-5-12-25-16;/h5,7-9,12-13H,4,6,10-11H2,1-3H3;1H. The zero-order valence-corrected chi connectivity index (χ0v) is 18.1. The van der Waals surface area contributed by atoms with Crippen LogP contribution in [-0.4, -0.2) is 49.6 Å². The summed E-state index contributed by atoms with van der Waals surface area (Å²) in [5, 5.41) is 2.67. The van der Waals surface area contributed by atoms with Gasteiger partial charge in [0.25, 0.3) is 5.91 Å². The second kappa shape index (κ2) is 10.0. The summed E-state index contributed by atoms with van der Waals surface area (Å²) in [6.07, 6.45) is 0.893. The molecule has 5 nitrogen and oxygen atoms in total. The van der Waals surface area contributed by atoms with Gasteiger partial charge in [0.2, 0.25) is 0 Å². The number of thiazole rings is 1. The van der Waals surface area contributed by atoms with Crippen LogP contribution in [0.4, 0.5) is 5.13 Å². The lowest BCUT2D eigenvalue weighted by Crippen LogP contribution is -2.32. The fourth-order valence-electron chi connectivity index (χ4n) is 2.63. The average molecular weight is 426 g/mol. The lowest BCUT2D eigenvalue weighted by atomic mass is 10.3. The Balaban J connectivity index is 0.00000261. The molecule has 2 heterocycles. The monoisotopic (exact) mass is 425 g/mol. The quantitative estimate of drug-likeness (QED) is 0.521. The van der Waals surface area contributed by atoms with Gasteiger partial charge in [0.15, 0.2) is 5.13 Å². The molecule has 0 aliphatic heterocycles. The molecule has 0 N–H and O–H groups in total. The van der Waals surface area contributed by atoms with E-state index >= 15 is 0 Å². The maximum absolute atomic E-state index is 13.0. The molecule has 0 saturated heterocycles. The van der Waals surface area contributed by atoms with Crippen LogP contribution < -0.4 is 9.64 Å². The van der Waals surface area contributed by atoms with Crippen LogP contribution in [0.25, 0.3) is 10.2 Å². The van der Waals surface area contributed by atoms with Gasteiger partial charge < -0.3 is 9.64 Å². The molecule has 1 amide bonds. The Bertz CT molecular complexity index is 865. The Hall–Kier alpha value is -1.67. The molecule has 0 aliphatic carbocycles. The van der Waals surface area contributed by atoms with Crippen LogP contribution in [0.3, 0.4) is 0 Å². The molecule has 0 atom stereocenters. The number of benzene rings is 1. The molecule has 0 spiro atoms. The fraction of sp³-hybridized carbons (Fsp3) is 0.368. The first-order valence-electron chi connectivity index (χ1n) is 8.62. The molecule has 0 fully saturated rings. The van der Waals surface area contributed by atoms with Crippen molar-refractivity contribution in [2.45, 2.75) is 13.3 Å². The van der Waals surface area contributed by atoms with Gasteiger partial charge in [0, 0.05) is 6.54 Å². The van der Waals surface area contributed by atoms with Crippen molar-refractivity contribution in [3.05, 3.63) is 40.6 Å². The van der Waals surface area contributed by atoms with Gasteiger partial charge in [-0.25, -0.2) is 4.98 Å². The van der Waals surface area contributed by atoms with E-state index in [0.29, 0.717) is 13.2 Å². The second-order valence-corrected chi connectivity index (χ2v) is 8.11. The number of thiophene rings is 1. The van der Waals surface area contributed by atoms with Crippen LogP contribution in [0.5, 0.6) is 5.75 Å². The molecule has 0 bridgehead atoms. The SMILES string of the molecule is CCOc1ccc2nc(N(CCCN(C)C)C(=O)c3cccs3)sc2c1.Cl. The molecule has 0 aliphatic rings. The normalized spacial score (nSPS) is 10.8. The van der Waals surface area contributed by atoms with E-state index in [1.54, 1.807) is 4.90 Å². The van der Waals surface area contributed by atoms with Crippen molar-refractivity contribution in [2.75, 3.05) is 38.7 Å². The number of ether oxygens (including phenoxy) is 1. The summed E-state index contributed by atoms with van der Waals surface area (Å²) in [6, 6.07) is 9.64. The van der Waals surface area contributed by atoms with E-state index < -0.39 is 0 Å². The summed E-state index contributed by atoms with van der Waals surface area (Å²) in [7, 11) is 4.08. The number of carbonyl (C=O) groups is 1. The van der Waals surface area contributed by atoms with Gasteiger partial charge >= 0.3 is 0 Å². The minimum absolute atomic E-state index is 0. The predicted molar refractivity (Wildman–Crippen MR) is 117 cm³/mol. The number of carbonyl (C=O) groups excluding carboxylic acids is 1. The zero-order chi connectivity index (χ0) is 18.5. The highest BCUT2D eigenvalue weighted by atomic mass is 35.5. The molecule has 3 rings (SSSR count). The number of aromatic nitrogens is 1. The van der Waals surface area contributed by atoms with Crippen LogP contribution in [0.2, 0.25) is 0 Å².